The minimum Gasteiger partial charge on any atom is -0.494 e. The number of hydrogen-bond acceptors (Lipinski definition) is 4. The molecular formula is C24H33NO3. The summed E-state index contributed by atoms with van der Waals surface area (Å²) in [7, 11) is 0. The van der Waals surface area contributed by atoms with Crippen LogP contribution in [0.15, 0.2) is 48.8 Å². The zero-order chi connectivity index (χ0) is 19.9. The molecule has 0 aliphatic rings. The maximum atomic E-state index is 12.1. The summed E-state index contributed by atoms with van der Waals surface area (Å²) < 4.78 is 11.1. The van der Waals surface area contributed by atoms with E-state index in [4.69, 9.17) is 9.47 Å². The van der Waals surface area contributed by atoms with Gasteiger partial charge >= 0.3 is 5.97 Å². The van der Waals surface area contributed by atoms with Crippen LogP contribution in [0.2, 0.25) is 0 Å². The van der Waals surface area contributed by atoms with Gasteiger partial charge in [0, 0.05) is 12.4 Å². The van der Waals surface area contributed by atoms with Crippen LogP contribution in [-0.2, 0) is 0 Å². The Balaban J connectivity index is 1.54. The maximum absolute atomic E-state index is 12.1. The fourth-order valence-electron chi connectivity index (χ4n) is 3.04. The Morgan fingerprint density at radius 1 is 0.750 bits per heavy atom. The van der Waals surface area contributed by atoms with Crippen molar-refractivity contribution in [3.8, 4) is 11.5 Å². The van der Waals surface area contributed by atoms with Gasteiger partial charge in [-0.2, -0.15) is 0 Å². The van der Waals surface area contributed by atoms with Crippen LogP contribution in [0.25, 0.3) is 0 Å². The summed E-state index contributed by atoms with van der Waals surface area (Å²) in [6, 6.07) is 10.4. The second-order valence-electron chi connectivity index (χ2n) is 7.13. The van der Waals surface area contributed by atoms with E-state index < -0.39 is 0 Å². The van der Waals surface area contributed by atoms with Gasteiger partial charge < -0.3 is 9.47 Å². The molecule has 0 amide bonds. The highest BCUT2D eigenvalue weighted by atomic mass is 16.5. The van der Waals surface area contributed by atoms with E-state index >= 15 is 0 Å². The topological polar surface area (TPSA) is 48.4 Å². The van der Waals surface area contributed by atoms with Gasteiger partial charge in [0.1, 0.15) is 11.5 Å². The first-order valence-electron chi connectivity index (χ1n) is 10.6. The van der Waals surface area contributed by atoms with E-state index in [1.54, 1.807) is 36.7 Å². The van der Waals surface area contributed by atoms with Crippen molar-refractivity contribution in [1.29, 1.82) is 0 Å². The number of hydrogen-bond donors (Lipinski definition) is 0. The quantitative estimate of drug-likeness (QED) is 0.272. The Hall–Kier alpha value is -2.36. The number of rotatable bonds is 14. The Bertz CT molecular complexity index is 655. The van der Waals surface area contributed by atoms with Crippen molar-refractivity contribution in [2.45, 2.75) is 71.1 Å². The number of esters is 1. The number of carbonyl (C=O) groups is 1. The van der Waals surface area contributed by atoms with Crippen molar-refractivity contribution in [1.82, 2.24) is 4.98 Å². The molecule has 4 heteroatoms. The van der Waals surface area contributed by atoms with Crippen LogP contribution in [0.4, 0.5) is 0 Å². The first-order valence-corrected chi connectivity index (χ1v) is 10.6. The Morgan fingerprint density at radius 3 is 1.93 bits per heavy atom. The summed E-state index contributed by atoms with van der Waals surface area (Å²) >= 11 is 0. The first kappa shape index (κ1) is 21.9. The van der Waals surface area contributed by atoms with Crippen molar-refractivity contribution >= 4 is 5.97 Å². The molecule has 0 fully saturated rings. The molecule has 4 nitrogen and oxygen atoms in total. The minimum atomic E-state index is -0.382. The zero-order valence-electron chi connectivity index (χ0n) is 17.1. The standard InChI is InChI=1S/C24H33NO3/c1-2-3-4-5-6-7-8-9-10-11-20-27-22-14-12-21(13-15-22)24(26)28-23-16-18-25-19-17-23/h12-19H,2-11,20H2,1H3. The van der Waals surface area contributed by atoms with E-state index in [2.05, 4.69) is 11.9 Å². The summed E-state index contributed by atoms with van der Waals surface area (Å²) in [5, 5.41) is 0. The lowest BCUT2D eigenvalue weighted by Crippen LogP contribution is -2.08. The van der Waals surface area contributed by atoms with Crippen molar-refractivity contribution < 1.29 is 14.3 Å². The van der Waals surface area contributed by atoms with Crippen molar-refractivity contribution in [2.24, 2.45) is 0 Å². The number of aromatic nitrogens is 1. The second kappa shape index (κ2) is 13.8. The summed E-state index contributed by atoms with van der Waals surface area (Å²) in [6.45, 7) is 2.98. The lowest BCUT2D eigenvalue weighted by molar-refractivity contribution is 0.0734. The van der Waals surface area contributed by atoms with Crippen molar-refractivity contribution in [3.05, 3.63) is 54.4 Å². The summed E-state index contributed by atoms with van der Waals surface area (Å²) in [6.07, 6.45) is 16.3. The molecule has 0 saturated heterocycles. The number of carbonyl (C=O) groups excluding carboxylic acids is 1. The molecule has 0 atom stereocenters. The molecule has 0 bridgehead atoms. The molecule has 28 heavy (non-hydrogen) atoms. The average Bonchev–Trinajstić information content (AvgIpc) is 2.73. The van der Waals surface area contributed by atoms with E-state index in [0.717, 1.165) is 18.8 Å². The van der Waals surface area contributed by atoms with Gasteiger partial charge in [-0.05, 0) is 42.8 Å². The van der Waals surface area contributed by atoms with Gasteiger partial charge in [0.2, 0.25) is 0 Å². The van der Waals surface area contributed by atoms with Gasteiger partial charge in [-0.1, -0.05) is 64.7 Å². The van der Waals surface area contributed by atoms with Gasteiger partial charge in [-0.3, -0.25) is 4.98 Å². The lowest BCUT2D eigenvalue weighted by atomic mass is 10.1. The SMILES string of the molecule is CCCCCCCCCCCCOc1ccc(C(=O)Oc2ccncc2)cc1. The van der Waals surface area contributed by atoms with E-state index in [-0.39, 0.29) is 5.97 Å². The molecule has 0 N–H and O–H groups in total. The highest BCUT2D eigenvalue weighted by molar-refractivity contribution is 5.91. The second-order valence-corrected chi connectivity index (χ2v) is 7.13. The predicted molar refractivity (Wildman–Crippen MR) is 113 cm³/mol. The normalized spacial score (nSPS) is 10.6. The molecule has 1 heterocycles. The molecule has 1 aromatic heterocycles. The van der Waals surface area contributed by atoms with Crippen LogP contribution >= 0.6 is 0 Å². The fraction of sp³-hybridized carbons (Fsp3) is 0.500. The van der Waals surface area contributed by atoms with Crippen LogP contribution in [0.5, 0.6) is 11.5 Å². The molecule has 0 spiro atoms. The summed E-state index contributed by atoms with van der Waals surface area (Å²) in [5.74, 6) is 0.894. The molecule has 0 aliphatic heterocycles. The highest BCUT2D eigenvalue weighted by Crippen LogP contribution is 2.16. The molecule has 152 valence electrons. The third-order valence-corrected chi connectivity index (χ3v) is 4.72. The van der Waals surface area contributed by atoms with Crippen LogP contribution in [0.1, 0.15) is 81.5 Å². The Kier molecular flexibility index (Phi) is 10.8. The monoisotopic (exact) mass is 383 g/mol. The van der Waals surface area contributed by atoms with Gasteiger partial charge in [0.15, 0.2) is 0 Å². The minimum absolute atomic E-state index is 0.382. The number of pyridine rings is 1. The van der Waals surface area contributed by atoms with E-state index in [0.29, 0.717) is 11.3 Å². The predicted octanol–water partition coefficient (Wildman–Crippen LogP) is 6.60. The van der Waals surface area contributed by atoms with E-state index in [9.17, 15) is 4.79 Å². The number of unbranched alkanes of at least 4 members (excludes halogenated alkanes) is 9. The highest BCUT2D eigenvalue weighted by Gasteiger charge is 2.08. The molecular weight excluding hydrogens is 350 g/mol. The van der Waals surface area contributed by atoms with Crippen LogP contribution < -0.4 is 9.47 Å². The third kappa shape index (κ3) is 9.03. The molecule has 2 aromatic rings. The van der Waals surface area contributed by atoms with Crippen molar-refractivity contribution in [2.75, 3.05) is 6.61 Å². The zero-order valence-corrected chi connectivity index (χ0v) is 17.1. The molecule has 1 aromatic carbocycles. The van der Waals surface area contributed by atoms with Crippen LogP contribution in [-0.4, -0.2) is 17.6 Å². The van der Waals surface area contributed by atoms with Crippen LogP contribution in [0, 0.1) is 0 Å². The molecule has 0 aliphatic carbocycles. The first-order chi connectivity index (χ1) is 13.8. The third-order valence-electron chi connectivity index (χ3n) is 4.72. The van der Waals surface area contributed by atoms with Crippen molar-refractivity contribution in [3.63, 3.8) is 0 Å². The van der Waals surface area contributed by atoms with Gasteiger partial charge in [-0.25, -0.2) is 4.79 Å². The fourth-order valence-corrected chi connectivity index (χ4v) is 3.04. The Labute approximate surface area is 169 Å². The lowest BCUT2D eigenvalue weighted by Gasteiger charge is -2.08. The molecule has 0 saturated carbocycles. The number of nitrogens with zero attached hydrogens (tertiary/aromatic N) is 1. The van der Waals surface area contributed by atoms with Gasteiger partial charge in [0.25, 0.3) is 0 Å². The van der Waals surface area contributed by atoms with Gasteiger partial charge in [-0.15, -0.1) is 0 Å². The smallest absolute Gasteiger partial charge is 0.343 e. The van der Waals surface area contributed by atoms with E-state index in [1.165, 1.54) is 57.8 Å². The summed E-state index contributed by atoms with van der Waals surface area (Å²) in [4.78, 5) is 16.0. The van der Waals surface area contributed by atoms with Gasteiger partial charge in [0.05, 0.1) is 12.2 Å². The van der Waals surface area contributed by atoms with Crippen LogP contribution in [0.3, 0.4) is 0 Å². The maximum Gasteiger partial charge on any atom is 0.343 e. The summed E-state index contributed by atoms with van der Waals surface area (Å²) in [5.41, 5.74) is 0.503. The largest absolute Gasteiger partial charge is 0.494 e. The molecule has 0 unspecified atom stereocenters. The Morgan fingerprint density at radius 2 is 1.32 bits per heavy atom. The average molecular weight is 384 g/mol. The number of benzene rings is 1. The molecule has 2 rings (SSSR count). The molecule has 0 radical (unpaired) electrons. The van der Waals surface area contributed by atoms with E-state index in [1.807, 2.05) is 12.1 Å². The number of ether oxygens (including phenoxy) is 2.